The molecule has 5 heteroatoms. The summed E-state index contributed by atoms with van der Waals surface area (Å²) in [5.41, 5.74) is 3.54. The molecular weight excluding hydrogens is 369 g/mol. The van der Waals surface area contributed by atoms with Gasteiger partial charge < -0.3 is 10.3 Å². The molecule has 1 aliphatic heterocycles. The zero-order valence-electron chi connectivity index (χ0n) is 10.4. The van der Waals surface area contributed by atoms with Crippen molar-refractivity contribution >= 4 is 40.6 Å². The highest BCUT2D eigenvalue weighted by molar-refractivity contribution is 14.1. The number of aromatic nitrogens is 2. The van der Waals surface area contributed by atoms with E-state index in [-0.39, 0.29) is 0 Å². The lowest BCUT2D eigenvalue weighted by atomic mass is 10.0. The van der Waals surface area contributed by atoms with E-state index in [1.165, 1.54) is 27.5 Å². The van der Waals surface area contributed by atoms with E-state index in [4.69, 9.17) is 12.2 Å². The van der Waals surface area contributed by atoms with Crippen LogP contribution < -0.4 is 5.32 Å². The Balaban J connectivity index is 2.17. The first-order valence-corrected chi connectivity index (χ1v) is 7.86. The van der Waals surface area contributed by atoms with Crippen LogP contribution in [-0.4, -0.2) is 16.5 Å². The summed E-state index contributed by atoms with van der Waals surface area (Å²) in [6.07, 6.45) is 3.40. The molecule has 2 aromatic rings. The van der Waals surface area contributed by atoms with Crippen molar-refractivity contribution in [3.8, 4) is 11.3 Å². The van der Waals surface area contributed by atoms with Gasteiger partial charge in [-0.2, -0.15) is 0 Å². The summed E-state index contributed by atoms with van der Waals surface area (Å²) < 4.78 is 1.78. The summed E-state index contributed by atoms with van der Waals surface area (Å²) in [5.74, 6) is 0.954. The SMILES string of the molecule is S=c1nc2c(c(-c3ccc(I)cc3)[nH]1)CCCCN2. The van der Waals surface area contributed by atoms with Gasteiger partial charge in [-0.05, 0) is 71.8 Å². The molecule has 0 atom stereocenters. The van der Waals surface area contributed by atoms with Crippen LogP contribution >= 0.6 is 34.8 Å². The largest absolute Gasteiger partial charge is 0.370 e. The lowest BCUT2D eigenvalue weighted by Gasteiger charge is -2.12. The van der Waals surface area contributed by atoms with Crippen molar-refractivity contribution < 1.29 is 0 Å². The van der Waals surface area contributed by atoms with Gasteiger partial charge in [0, 0.05) is 15.7 Å². The highest BCUT2D eigenvalue weighted by atomic mass is 127. The van der Waals surface area contributed by atoms with E-state index in [9.17, 15) is 0 Å². The van der Waals surface area contributed by atoms with Crippen LogP contribution in [0.1, 0.15) is 18.4 Å². The van der Waals surface area contributed by atoms with Crippen molar-refractivity contribution in [2.45, 2.75) is 19.3 Å². The Bertz CT molecular complexity index is 649. The van der Waals surface area contributed by atoms with E-state index in [2.05, 4.69) is 62.1 Å². The minimum Gasteiger partial charge on any atom is -0.370 e. The van der Waals surface area contributed by atoms with Gasteiger partial charge in [-0.15, -0.1) is 0 Å². The maximum Gasteiger partial charge on any atom is 0.199 e. The molecule has 19 heavy (non-hydrogen) atoms. The third-order valence-electron chi connectivity index (χ3n) is 3.31. The average molecular weight is 383 g/mol. The van der Waals surface area contributed by atoms with Gasteiger partial charge in [0.05, 0.1) is 5.69 Å². The number of rotatable bonds is 1. The number of H-pyrrole nitrogens is 1. The number of fused-ring (bicyclic) bond motifs is 1. The Hall–Kier alpha value is -0.950. The van der Waals surface area contributed by atoms with Crippen LogP contribution in [0.3, 0.4) is 0 Å². The number of hydrogen-bond acceptors (Lipinski definition) is 3. The Kier molecular flexibility index (Phi) is 3.83. The maximum atomic E-state index is 5.25. The van der Waals surface area contributed by atoms with E-state index in [0.717, 1.165) is 24.5 Å². The number of hydrogen-bond donors (Lipinski definition) is 2. The number of halogens is 1. The molecule has 1 aromatic heterocycles. The predicted molar refractivity (Wildman–Crippen MR) is 89.0 cm³/mol. The van der Waals surface area contributed by atoms with E-state index in [1.54, 1.807) is 0 Å². The predicted octanol–water partition coefficient (Wildman–Crippen LogP) is 4.16. The molecule has 0 saturated heterocycles. The molecule has 2 N–H and O–H groups in total. The molecule has 3 nitrogen and oxygen atoms in total. The number of aromatic amines is 1. The summed E-state index contributed by atoms with van der Waals surface area (Å²) in [4.78, 5) is 7.68. The summed E-state index contributed by atoms with van der Waals surface area (Å²) >= 11 is 7.56. The van der Waals surface area contributed by atoms with Gasteiger partial charge in [0.1, 0.15) is 5.82 Å². The number of nitrogens with zero attached hydrogens (tertiary/aromatic N) is 1. The summed E-state index contributed by atoms with van der Waals surface area (Å²) in [5, 5.41) is 3.39. The normalized spacial score (nSPS) is 14.4. The van der Waals surface area contributed by atoms with Gasteiger partial charge in [-0.1, -0.05) is 12.1 Å². The van der Waals surface area contributed by atoms with Gasteiger partial charge >= 0.3 is 0 Å². The zero-order chi connectivity index (χ0) is 13.2. The molecule has 0 radical (unpaired) electrons. The van der Waals surface area contributed by atoms with Crippen molar-refractivity contribution in [2.75, 3.05) is 11.9 Å². The molecule has 0 aliphatic carbocycles. The second-order valence-corrected chi connectivity index (χ2v) is 6.27. The third kappa shape index (κ3) is 2.81. The maximum absolute atomic E-state index is 5.25. The molecular formula is C14H14IN3S. The molecule has 0 amide bonds. The van der Waals surface area contributed by atoms with Gasteiger partial charge in [-0.3, -0.25) is 0 Å². The monoisotopic (exact) mass is 383 g/mol. The van der Waals surface area contributed by atoms with Crippen molar-refractivity contribution in [1.29, 1.82) is 0 Å². The quantitative estimate of drug-likeness (QED) is 0.574. The fourth-order valence-electron chi connectivity index (χ4n) is 2.38. The third-order valence-corrected chi connectivity index (χ3v) is 4.22. The van der Waals surface area contributed by atoms with E-state index in [1.807, 2.05) is 0 Å². The van der Waals surface area contributed by atoms with E-state index >= 15 is 0 Å². The fourth-order valence-corrected chi connectivity index (χ4v) is 2.94. The van der Waals surface area contributed by atoms with Crippen molar-refractivity contribution in [3.63, 3.8) is 0 Å². The zero-order valence-corrected chi connectivity index (χ0v) is 13.3. The van der Waals surface area contributed by atoms with Crippen LogP contribution in [0.25, 0.3) is 11.3 Å². The van der Waals surface area contributed by atoms with Crippen LogP contribution in [0.4, 0.5) is 5.82 Å². The Labute approximate surface area is 131 Å². The summed E-state index contributed by atoms with van der Waals surface area (Å²) in [6, 6.07) is 8.49. The van der Waals surface area contributed by atoms with Crippen molar-refractivity contribution in [2.24, 2.45) is 0 Å². The first-order chi connectivity index (χ1) is 9.24. The Morgan fingerprint density at radius 2 is 1.95 bits per heavy atom. The minimum atomic E-state index is 0.543. The van der Waals surface area contributed by atoms with Crippen molar-refractivity contribution in [3.05, 3.63) is 38.2 Å². The van der Waals surface area contributed by atoms with Crippen LogP contribution in [-0.2, 0) is 6.42 Å². The van der Waals surface area contributed by atoms with E-state index < -0.39 is 0 Å². The van der Waals surface area contributed by atoms with Crippen LogP contribution in [0.15, 0.2) is 24.3 Å². The topological polar surface area (TPSA) is 40.7 Å². The molecule has 1 aliphatic rings. The lowest BCUT2D eigenvalue weighted by molar-refractivity contribution is 0.785. The minimum absolute atomic E-state index is 0.543. The number of anilines is 1. The fraction of sp³-hybridized carbons (Fsp3) is 0.286. The number of benzene rings is 1. The van der Waals surface area contributed by atoms with Gasteiger partial charge in [-0.25, -0.2) is 4.98 Å². The average Bonchev–Trinajstić information content (AvgIpc) is 2.64. The molecule has 2 heterocycles. The van der Waals surface area contributed by atoms with Crippen LogP contribution in [0.5, 0.6) is 0 Å². The standard InChI is InChI=1S/C14H14IN3S/c15-10-6-4-9(5-7-10)12-11-3-1-2-8-16-13(11)18-14(19)17-12/h4-7H,1-3,8H2,(H2,16,17,18,19). The first-order valence-electron chi connectivity index (χ1n) is 6.37. The smallest absolute Gasteiger partial charge is 0.199 e. The molecule has 3 rings (SSSR count). The Morgan fingerprint density at radius 3 is 2.74 bits per heavy atom. The second kappa shape index (κ2) is 5.58. The molecule has 0 bridgehead atoms. The Morgan fingerprint density at radius 1 is 1.16 bits per heavy atom. The first kappa shape index (κ1) is 13.1. The van der Waals surface area contributed by atoms with Crippen LogP contribution in [0, 0.1) is 8.34 Å². The number of nitrogens with one attached hydrogen (secondary N) is 2. The van der Waals surface area contributed by atoms with Gasteiger partial charge in [0.2, 0.25) is 0 Å². The highest BCUT2D eigenvalue weighted by Crippen LogP contribution is 2.29. The van der Waals surface area contributed by atoms with Gasteiger partial charge in [0.15, 0.2) is 4.77 Å². The second-order valence-electron chi connectivity index (χ2n) is 4.63. The lowest BCUT2D eigenvalue weighted by Crippen LogP contribution is -2.05. The molecule has 0 fully saturated rings. The van der Waals surface area contributed by atoms with Crippen molar-refractivity contribution in [1.82, 2.24) is 9.97 Å². The summed E-state index contributed by atoms with van der Waals surface area (Å²) in [6.45, 7) is 0.977. The van der Waals surface area contributed by atoms with Crippen LogP contribution in [0.2, 0.25) is 0 Å². The van der Waals surface area contributed by atoms with Gasteiger partial charge in [0.25, 0.3) is 0 Å². The summed E-state index contributed by atoms with van der Waals surface area (Å²) in [7, 11) is 0. The highest BCUT2D eigenvalue weighted by Gasteiger charge is 2.15. The molecule has 1 aromatic carbocycles. The molecule has 0 unspecified atom stereocenters. The molecule has 98 valence electrons. The van der Waals surface area contributed by atoms with E-state index in [0.29, 0.717) is 4.77 Å². The molecule has 0 saturated carbocycles. The molecule has 0 spiro atoms.